The number of amides is 2. The summed E-state index contributed by atoms with van der Waals surface area (Å²) in [5.74, 6) is -0.180. The van der Waals surface area contributed by atoms with Crippen LogP contribution in [0.1, 0.15) is 36.5 Å². The van der Waals surface area contributed by atoms with Crippen molar-refractivity contribution < 1.29 is 9.59 Å². The Labute approximate surface area is 130 Å². The summed E-state index contributed by atoms with van der Waals surface area (Å²) in [5.41, 5.74) is 6.15. The summed E-state index contributed by atoms with van der Waals surface area (Å²) >= 11 is 5.76. The zero-order valence-electron chi connectivity index (χ0n) is 12.2. The monoisotopic (exact) mass is 311 g/mol. The maximum absolute atomic E-state index is 11.8. The van der Waals surface area contributed by atoms with Crippen molar-refractivity contribution in [2.75, 3.05) is 13.1 Å². The number of carbonyl (C=O) groups is 2. The molecule has 6 heteroatoms. The topological polar surface area (TPSA) is 84.2 Å². The summed E-state index contributed by atoms with van der Waals surface area (Å²) < 4.78 is 0. The molecule has 1 unspecified atom stereocenters. The second-order valence-electron chi connectivity index (χ2n) is 4.98. The molecule has 0 saturated carbocycles. The highest BCUT2D eigenvalue weighted by atomic mass is 35.5. The predicted octanol–water partition coefficient (Wildman–Crippen LogP) is 1.70. The minimum atomic E-state index is -0.163. The summed E-state index contributed by atoms with van der Waals surface area (Å²) in [6.07, 6.45) is 1.75. The molecule has 0 aromatic heterocycles. The lowest BCUT2D eigenvalue weighted by Crippen LogP contribution is -2.30. The number of benzene rings is 1. The van der Waals surface area contributed by atoms with Gasteiger partial charge in [0.05, 0.1) is 0 Å². The Morgan fingerprint density at radius 1 is 1.19 bits per heavy atom. The zero-order valence-corrected chi connectivity index (χ0v) is 13.0. The number of nitrogens with two attached hydrogens (primary N) is 1. The van der Waals surface area contributed by atoms with E-state index in [2.05, 4.69) is 10.6 Å². The molecule has 0 spiro atoms. The molecule has 1 atom stereocenters. The van der Waals surface area contributed by atoms with Gasteiger partial charge in [0.1, 0.15) is 0 Å². The molecule has 5 nitrogen and oxygen atoms in total. The predicted molar refractivity (Wildman–Crippen MR) is 84.3 cm³/mol. The van der Waals surface area contributed by atoms with Crippen molar-refractivity contribution in [2.24, 2.45) is 5.73 Å². The fourth-order valence-electron chi connectivity index (χ4n) is 1.68. The lowest BCUT2D eigenvalue weighted by molar-refractivity contribution is -0.121. The molecule has 21 heavy (non-hydrogen) atoms. The number of nitrogens with one attached hydrogen (secondary N) is 2. The van der Waals surface area contributed by atoms with Crippen LogP contribution in [0.4, 0.5) is 0 Å². The van der Waals surface area contributed by atoms with Gasteiger partial charge in [-0.15, -0.1) is 0 Å². The second-order valence-corrected chi connectivity index (χ2v) is 5.42. The van der Waals surface area contributed by atoms with Gasteiger partial charge in [-0.25, -0.2) is 0 Å². The molecule has 0 aliphatic carbocycles. The first-order valence-electron chi connectivity index (χ1n) is 7.05. The van der Waals surface area contributed by atoms with Crippen molar-refractivity contribution in [3.8, 4) is 0 Å². The van der Waals surface area contributed by atoms with Gasteiger partial charge in [0.25, 0.3) is 5.91 Å². The zero-order chi connectivity index (χ0) is 15.7. The van der Waals surface area contributed by atoms with Crippen molar-refractivity contribution in [1.29, 1.82) is 0 Å². The molecular weight excluding hydrogens is 290 g/mol. The van der Waals surface area contributed by atoms with Gasteiger partial charge in [-0.3, -0.25) is 9.59 Å². The number of carbonyl (C=O) groups excluding carboxylic acids is 2. The summed E-state index contributed by atoms with van der Waals surface area (Å²) in [5, 5.41) is 6.15. The molecule has 0 radical (unpaired) electrons. The number of hydrogen-bond acceptors (Lipinski definition) is 3. The van der Waals surface area contributed by atoms with Crippen molar-refractivity contribution in [1.82, 2.24) is 10.6 Å². The normalized spacial score (nSPS) is 11.8. The molecular formula is C15H22ClN3O2. The first kappa shape index (κ1) is 17.5. The summed E-state index contributed by atoms with van der Waals surface area (Å²) in [6, 6.07) is 6.76. The average molecular weight is 312 g/mol. The molecule has 0 heterocycles. The quantitative estimate of drug-likeness (QED) is 0.639. The first-order valence-corrected chi connectivity index (χ1v) is 7.43. The lowest BCUT2D eigenvalue weighted by Gasteiger charge is -2.08. The van der Waals surface area contributed by atoms with E-state index in [1.54, 1.807) is 24.3 Å². The summed E-state index contributed by atoms with van der Waals surface area (Å²) in [4.78, 5) is 23.3. The molecule has 0 aliphatic heterocycles. The van der Waals surface area contributed by atoms with Gasteiger partial charge in [0, 0.05) is 36.1 Å². The van der Waals surface area contributed by atoms with Crippen LogP contribution in [0.3, 0.4) is 0 Å². The van der Waals surface area contributed by atoms with E-state index >= 15 is 0 Å². The average Bonchev–Trinajstić information content (AvgIpc) is 2.43. The van der Waals surface area contributed by atoms with Gasteiger partial charge in [-0.1, -0.05) is 11.6 Å². The van der Waals surface area contributed by atoms with Gasteiger partial charge in [0.2, 0.25) is 5.91 Å². The second kappa shape index (κ2) is 9.37. The fraction of sp³-hybridized carbons (Fsp3) is 0.467. The Morgan fingerprint density at radius 3 is 2.48 bits per heavy atom. The van der Waals surface area contributed by atoms with Crippen LogP contribution in [0, 0.1) is 0 Å². The van der Waals surface area contributed by atoms with Crippen molar-refractivity contribution in [3.63, 3.8) is 0 Å². The Hall–Kier alpha value is -1.59. The minimum absolute atomic E-state index is 0.0172. The summed E-state index contributed by atoms with van der Waals surface area (Å²) in [7, 11) is 0. The Balaban J connectivity index is 2.14. The van der Waals surface area contributed by atoms with Crippen LogP contribution in [0.15, 0.2) is 24.3 Å². The molecule has 116 valence electrons. The smallest absolute Gasteiger partial charge is 0.251 e. The van der Waals surface area contributed by atoms with E-state index in [4.69, 9.17) is 17.3 Å². The molecule has 1 rings (SSSR count). The summed E-state index contributed by atoms with van der Waals surface area (Å²) in [6.45, 7) is 2.95. The Bertz CT molecular complexity index is 460. The number of hydrogen-bond donors (Lipinski definition) is 3. The molecule has 0 bridgehead atoms. The highest BCUT2D eigenvalue weighted by Crippen LogP contribution is 2.09. The third-order valence-corrected chi connectivity index (χ3v) is 3.15. The SMILES string of the molecule is CC(N)CCNC(=O)CCCNC(=O)c1ccc(Cl)cc1. The molecule has 0 saturated heterocycles. The van der Waals surface area contributed by atoms with Crippen LogP contribution in [0.25, 0.3) is 0 Å². The highest BCUT2D eigenvalue weighted by molar-refractivity contribution is 6.30. The van der Waals surface area contributed by atoms with Crippen LogP contribution in [-0.4, -0.2) is 30.9 Å². The number of halogens is 1. The molecule has 4 N–H and O–H groups in total. The number of rotatable bonds is 8. The van der Waals surface area contributed by atoms with Gasteiger partial charge in [-0.2, -0.15) is 0 Å². The van der Waals surface area contributed by atoms with Crippen LogP contribution in [-0.2, 0) is 4.79 Å². The Kier molecular flexibility index (Phi) is 7.79. The molecule has 1 aromatic rings. The van der Waals surface area contributed by atoms with E-state index in [0.717, 1.165) is 6.42 Å². The van der Waals surface area contributed by atoms with Crippen LogP contribution < -0.4 is 16.4 Å². The minimum Gasteiger partial charge on any atom is -0.356 e. The highest BCUT2D eigenvalue weighted by Gasteiger charge is 2.05. The van der Waals surface area contributed by atoms with E-state index in [0.29, 0.717) is 36.5 Å². The third-order valence-electron chi connectivity index (χ3n) is 2.89. The first-order chi connectivity index (χ1) is 9.99. The van der Waals surface area contributed by atoms with Crippen LogP contribution >= 0.6 is 11.6 Å². The van der Waals surface area contributed by atoms with E-state index in [9.17, 15) is 9.59 Å². The third kappa shape index (κ3) is 7.68. The fourth-order valence-corrected chi connectivity index (χ4v) is 1.81. The van der Waals surface area contributed by atoms with Gasteiger partial charge in [-0.05, 0) is 44.0 Å². The standard InChI is InChI=1S/C15H22ClN3O2/c1-11(17)8-10-18-14(20)3-2-9-19-15(21)12-4-6-13(16)7-5-12/h4-7,11H,2-3,8-10,17H2,1H3,(H,18,20)(H,19,21). The largest absolute Gasteiger partial charge is 0.356 e. The lowest BCUT2D eigenvalue weighted by atomic mass is 10.2. The van der Waals surface area contributed by atoms with E-state index in [-0.39, 0.29) is 17.9 Å². The van der Waals surface area contributed by atoms with Crippen molar-refractivity contribution in [3.05, 3.63) is 34.9 Å². The van der Waals surface area contributed by atoms with E-state index in [1.807, 2.05) is 6.92 Å². The van der Waals surface area contributed by atoms with Gasteiger partial charge < -0.3 is 16.4 Å². The van der Waals surface area contributed by atoms with Crippen LogP contribution in [0.2, 0.25) is 5.02 Å². The molecule has 0 fully saturated rings. The van der Waals surface area contributed by atoms with Gasteiger partial charge >= 0.3 is 0 Å². The van der Waals surface area contributed by atoms with Crippen molar-refractivity contribution in [2.45, 2.75) is 32.2 Å². The van der Waals surface area contributed by atoms with Crippen molar-refractivity contribution >= 4 is 23.4 Å². The Morgan fingerprint density at radius 2 is 1.86 bits per heavy atom. The maximum Gasteiger partial charge on any atom is 0.251 e. The molecule has 2 amide bonds. The molecule has 1 aromatic carbocycles. The van der Waals surface area contributed by atoms with E-state index < -0.39 is 0 Å². The maximum atomic E-state index is 11.8. The molecule has 0 aliphatic rings. The van der Waals surface area contributed by atoms with Crippen LogP contribution in [0.5, 0.6) is 0 Å². The van der Waals surface area contributed by atoms with Gasteiger partial charge in [0.15, 0.2) is 0 Å². The van der Waals surface area contributed by atoms with E-state index in [1.165, 1.54) is 0 Å².